The molecule has 208 valence electrons. The lowest BCUT2D eigenvalue weighted by atomic mass is 10.0. The van der Waals surface area contributed by atoms with Crippen molar-refractivity contribution in [3.8, 4) is 11.5 Å². The predicted octanol–water partition coefficient (Wildman–Crippen LogP) is 10.7. The minimum Gasteiger partial charge on any atom is -0.418 e. The van der Waals surface area contributed by atoms with Gasteiger partial charge in [0.1, 0.15) is 11.5 Å². The van der Waals surface area contributed by atoms with Crippen molar-refractivity contribution in [1.82, 2.24) is 0 Å². The Morgan fingerprint density at radius 2 is 1.03 bits per heavy atom. The average molecular weight is 531 g/mol. The third-order valence-corrected chi connectivity index (χ3v) is 7.56. The fourth-order valence-corrected chi connectivity index (χ4v) is 5.23. The summed E-state index contributed by atoms with van der Waals surface area (Å²) in [6.45, 7) is 6.09. The molecule has 0 aliphatic carbocycles. The van der Waals surface area contributed by atoms with E-state index < -0.39 is 8.60 Å². The number of rotatable bonds is 24. The van der Waals surface area contributed by atoms with Crippen molar-refractivity contribution >= 4 is 8.60 Å². The van der Waals surface area contributed by atoms with Gasteiger partial charge in [0.2, 0.25) is 0 Å². The first-order chi connectivity index (χ1) is 18.3. The molecule has 0 saturated carbocycles. The van der Waals surface area contributed by atoms with E-state index in [0.717, 1.165) is 37.4 Å². The molecule has 0 aromatic heterocycles. The van der Waals surface area contributed by atoms with Gasteiger partial charge < -0.3 is 13.8 Å². The van der Waals surface area contributed by atoms with E-state index in [1.165, 1.54) is 77.0 Å². The minimum atomic E-state index is -1.50. The summed E-state index contributed by atoms with van der Waals surface area (Å²) in [4.78, 5) is 0. The molecule has 0 aliphatic rings. The van der Waals surface area contributed by atoms with Crippen LogP contribution in [0, 0.1) is 0 Å². The molecule has 0 N–H and O–H groups in total. The molecule has 37 heavy (non-hydrogen) atoms. The number of hydrogen-bond donors (Lipinski definition) is 0. The number of benzene rings is 2. The number of hydrogen-bond acceptors (Lipinski definition) is 4. The zero-order chi connectivity index (χ0) is 26.2. The summed E-state index contributed by atoms with van der Waals surface area (Å²) in [6, 6.07) is 19.5. The van der Waals surface area contributed by atoms with Crippen LogP contribution in [0.4, 0.5) is 0 Å². The van der Waals surface area contributed by atoms with Crippen LogP contribution in [0.5, 0.6) is 11.5 Å². The van der Waals surface area contributed by atoms with E-state index in [-0.39, 0.29) is 0 Å². The lowest BCUT2D eigenvalue weighted by Gasteiger charge is -2.19. The van der Waals surface area contributed by atoms with E-state index >= 15 is 0 Å². The first-order valence-corrected chi connectivity index (χ1v) is 15.9. The quantitative estimate of drug-likeness (QED) is 0.0999. The first-order valence-electron chi connectivity index (χ1n) is 14.8. The predicted molar refractivity (Wildman–Crippen MR) is 157 cm³/mol. The van der Waals surface area contributed by atoms with E-state index in [4.69, 9.17) is 18.3 Å². The third kappa shape index (κ3) is 16.8. The molecule has 0 fully saturated rings. The average Bonchev–Trinajstić information content (AvgIpc) is 2.93. The summed E-state index contributed by atoms with van der Waals surface area (Å²) in [5, 5.41) is 0. The maximum Gasteiger partial charge on any atom is 0.463 e. The molecule has 0 heterocycles. The lowest BCUT2D eigenvalue weighted by molar-refractivity contribution is 0.0358. The van der Waals surface area contributed by atoms with E-state index in [1.54, 1.807) is 0 Å². The number of unbranched alkanes of at least 4 members (excludes halogenated alkanes) is 10. The highest BCUT2D eigenvalue weighted by Gasteiger charge is 2.17. The first kappa shape index (κ1) is 31.6. The summed E-state index contributed by atoms with van der Waals surface area (Å²) >= 11 is 0. The second kappa shape index (κ2) is 22.4. The Hall–Kier alpha value is -1.61. The Kier molecular flexibility index (Phi) is 19.1. The second-order valence-corrected chi connectivity index (χ2v) is 10.9. The zero-order valence-corrected chi connectivity index (χ0v) is 24.3. The largest absolute Gasteiger partial charge is 0.463 e. The van der Waals surface area contributed by atoms with Gasteiger partial charge in [0.05, 0.1) is 12.7 Å². The van der Waals surface area contributed by atoms with Crippen molar-refractivity contribution in [1.29, 1.82) is 0 Å². The molecular weight excluding hydrogens is 479 g/mol. The summed E-state index contributed by atoms with van der Waals surface area (Å²) in [5.74, 6) is 1.52. The summed E-state index contributed by atoms with van der Waals surface area (Å²) < 4.78 is 24.4. The van der Waals surface area contributed by atoms with E-state index in [2.05, 4.69) is 13.8 Å². The van der Waals surface area contributed by atoms with Gasteiger partial charge in [-0.1, -0.05) is 121 Å². The van der Waals surface area contributed by atoms with Crippen molar-refractivity contribution in [2.24, 2.45) is 0 Å². The molecule has 0 aliphatic heterocycles. The molecule has 4 nitrogen and oxygen atoms in total. The van der Waals surface area contributed by atoms with Gasteiger partial charge in [-0.3, -0.25) is 4.52 Å². The molecule has 0 spiro atoms. The van der Waals surface area contributed by atoms with Gasteiger partial charge >= 0.3 is 8.60 Å². The Bertz CT molecular complexity index is 701. The van der Waals surface area contributed by atoms with Crippen LogP contribution in [0.3, 0.4) is 0 Å². The molecule has 0 saturated heterocycles. The maximum absolute atomic E-state index is 6.30. The Morgan fingerprint density at radius 1 is 0.541 bits per heavy atom. The van der Waals surface area contributed by atoms with Crippen LogP contribution < -0.4 is 9.05 Å². The smallest absolute Gasteiger partial charge is 0.418 e. The Morgan fingerprint density at radius 3 is 1.62 bits per heavy atom. The highest BCUT2D eigenvalue weighted by Crippen LogP contribution is 2.41. The van der Waals surface area contributed by atoms with Gasteiger partial charge in [-0.25, -0.2) is 0 Å². The molecule has 2 aromatic rings. The van der Waals surface area contributed by atoms with Crippen LogP contribution in [0.2, 0.25) is 0 Å². The van der Waals surface area contributed by atoms with E-state index in [1.807, 2.05) is 60.7 Å². The third-order valence-electron chi connectivity index (χ3n) is 6.44. The summed E-state index contributed by atoms with van der Waals surface area (Å²) in [7, 11) is -1.50. The number of ether oxygens (including phenoxy) is 1. The maximum atomic E-state index is 6.30. The van der Waals surface area contributed by atoms with Crippen LogP contribution in [-0.2, 0) is 9.26 Å². The molecular formula is C32H51O4P. The van der Waals surface area contributed by atoms with E-state index in [0.29, 0.717) is 12.7 Å². The SMILES string of the molecule is CCCCCCCCCCOC(CCCC)CCCCCOP(Oc1ccccc1)Oc1ccccc1. The highest BCUT2D eigenvalue weighted by atomic mass is 31.2. The zero-order valence-electron chi connectivity index (χ0n) is 23.5. The topological polar surface area (TPSA) is 36.9 Å². The number of para-hydroxylation sites is 2. The van der Waals surface area contributed by atoms with Crippen LogP contribution in [0.1, 0.15) is 110 Å². The van der Waals surface area contributed by atoms with Gasteiger partial charge in [0.15, 0.2) is 0 Å². The molecule has 2 rings (SSSR count). The lowest BCUT2D eigenvalue weighted by Crippen LogP contribution is -2.14. The molecule has 5 heteroatoms. The normalized spacial score (nSPS) is 12.1. The molecule has 1 unspecified atom stereocenters. The van der Waals surface area contributed by atoms with Crippen LogP contribution in [0.25, 0.3) is 0 Å². The van der Waals surface area contributed by atoms with Gasteiger partial charge in [-0.2, -0.15) is 0 Å². The Balaban J connectivity index is 1.61. The van der Waals surface area contributed by atoms with Crippen LogP contribution in [0.15, 0.2) is 60.7 Å². The van der Waals surface area contributed by atoms with Crippen molar-refractivity contribution < 1.29 is 18.3 Å². The van der Waals surface area contributed by atoms with Gasteiger partial charge in [-0.05, 0) is 49.9 Å². The molecule has 2 aromatic carbocycles. The summed E-state index contributed by atoms with van der Waals surface area (Å²) in [6.07, 6.45) is 19.3. The van der Waals surface area contributed by atoms with Crippen molar-refractivity contribution in [3.63, 3.8) is 0 Å². The van der Waals surface area contributed by atoms with Crippen molar-refractivity contribution in [2.45, 2.75) is 116 Å². The molecule has 1 atom stereocenters. The highest BCUT2D eigenvalue weighted by molar-refractivity contribution is 7.42. The fourth-order valence-electron chi connectivity index (χ4n) is 4.22. The summed E-state index contributed by atoms with van der Waals surface area (Å²) in [5.41, 5.74) is 0. The van der Waals surface area contributed by atoms with Crippen molar-refractivity contribution in [2.75, 3.05) is 13.2 Å². The Labute approximate surface area is 228 Å². The van der Waals surface area contributed by atoms with Gasteiger partial charge in [-0.15, -0.1) is 0 Å². The standard InChI is InChI=1S/C32H51O4P/c1-3-5-7-8-9-10-11-20-28-33-30(22-6-4-2)23-19-14-21-29-34-37(35-31-24-15-12-16-25-31)36-32-26-17-13-18-27-32/h12-13,15-18,24-27,30H,3-11,14,19-23,28-29H2,1-2H3. The van der Waals surface area contributed by atoms with Crippen LogP contribution >= 0.6 is 8.60 Å². The van der Waals surface area contributed by atoms with Crippen LogP contribution in [-0.4, -0.2) is 19.3 Å². The minimum absolute atomic E-state index is 0.408. The van der Waals surface area contributed by atoms with Crippen molar-refractivity contribution in [3.05, 3.63) is 60.7 Å². The second-order valence-electron chi connectivity index (χ2n) is 9.82. The molecule has 0 radical (unpaired) electrons. The molecule has 0 bridgehead atoms. The fraction of sp³-hybridized carbons (Fsp3) is 0.625. The molecule has 0 amide bonds. The van der Waals surface area contributed by atoms with Gasteiger partial charge in [0, 0.05) is 6.61 Å². The van der Waals surface area contributed by atoms with E-state index in [9.17, 15) is 0 Å². The van der Waals surface area contributed by atoms with Gasteiger partial charge in [0.25, 0.3) is 0 Å². The monoisotopic (exact) mass is 530 g/mol.